The fraction of sp³-hybridized carbons (Fsp3) is 0.950. The summed E-state index contributed by atoms with van der Waals surface area (Å²) in [6.45, 7) is 4.53. The molecule has 0 aromatic rings. The standard InChI is InChI=1S/C40H78O4/c1-3-5-7-8-9-10-11-12-13-17-20-23-26-29-33-37-40(43)44-38(34-30-6-4-2)35-31-27-24-21-18-15-14-16-19-22-25-28-32-36-39(41)42/h38H,3-37H2,1-2H3,(H,41,42). The van der Waals surface area contributed by atoms with Crippen LogP contribution in [0.2, 0.25) is 0 Å². The van der Waals surface area contributed by atoms with E-state index in [4.69, 9.17) is 9.84 Å². The zero-order valence-electron chi connectivity index (χ0n) is 30.0. The molecule has 0 aliphatic carbocycles. The number of esters is 1. The Morgan fingerprint density at radius 1 is 0.409 bits per heavy atom. The maximum absolute atomic E-state index is 12.5. The number of rotatable bonds is 37. The van der Waals surface area contributed by atoms with Gasteiger partial charge in [-0.1, -0.05) is 187 Å². The largest absolute Gasteiger partial charge is 0.481 e. The van der Waals surface area contributed by atoms with E-state index in [2.05, 4.69) is 13.8 Å². The minimum atomic E-state index is -0.666. The lowest BCUT2D eigenvalue weighted by Gasteiger charge is -2.18. The van der Waals surface area contributed by atoms with Crippen molar-refractivity contribution in [3.05, 3.63) is 0 Å². The van der Waals surface area contributed by atoms with Crippen molar-refractivity contribution in [3.63, 3.8) is 0 Å². The Labute approximate surface area is 275 Å². The first kappa shape index (κ1) is 42.9. The van der Waals surface area contributed by atoms with Crippen LogP contribution in [0.1, 0.15) is 239 Å². The van der Waals surface area contributed by atoms with Crippen LogP contribution in [0.25, 0.3) is 0 Å². The van der Waals surface area contributed by atoms with Gasteiger partial charge in [-0.2, -0.15) is 0 Å². The van der Waals surface area contributed by atoms with Crippen molar-refractivity contribution in [2.75, 3.05) is 0 Å². The molecular formula is C40H78O4. The molecule has 0 saturated heterocycles. The number of carbonyl (C=O) groups is 2. The van der Waals surface area contributed by atoms with Gasteiger partial charge in [-0.05, 0) is 38.5 Å². The Morgan fingerprint density at radius 3 is 1.05 bits per heavy atom. The smallest absolute Gasteiger partial charge is 0.306 e. The van der Waals surface area contributed by atoms with Crippen LogP contribution in [-0.4, -0.2) is 23.1 Å². The number of unbranched alkanes of at least 4 members (excludes halogenated alkanes) is 28. The Kier molecular flexibility index (Phi) is 35.5. The van der Waals surface area contributed by atoms with E-state index in [1.54, 1.807) is 0 Å². The minimum absolute atomic E-state index is 0.0430. The highest BCUT2D eigenvalue weighted by Crippen LogP contribution is 2.19. The predicted molar refractivity (Wildman–Crippen MR) is 190 cm³/mol. The molecule has 0 aromatic carbocycles. The molecule has 0 rings (SSSR count). The van der Waals surface area contributed by atoms with Gasteiger partial charge in [0.15, 0.2) is 0 Å². The molecule has 1 atom stereocenters. The molecule has 0 heterocycles. The van der Waals surface area contributed by atoms with Gasteiger partial charge in [0.25, 0.3) is 0 Å². The highest BCUT2D eigenvalue weighted by Gasteiger charge is 2.14. The van der Waals surface area contributed by atoms with Crippen molar-refractivity contribution in [2.45, 2.75) is 245 Å². The zero-order valence-corrected chi connectivity index (χ0v) is 30.0. The number of carboxylic acid groups (broad SMARTS) is 1. The van der Waals surface area contributed by atoms with Crippen LogP contribution < -0.4 is 0 Å². The first-order valence-electron chi connectivity index (χ1n) is 20.0. The Bertz CT molecular complexity index is 590. The number of carbonyl (C=O) groups excluding carboxylic acids is 1. The molecule has 0 bridgehead atoms. The van der Waals surface area contributed by atoms with Gasteiger partial charge in [-0.3, -0.25) is 9.59 Å². The zero-order chi connectivity index (χ0) is 32.2. The number of hydrogen-bond donors (Lipinski definition) is 1. The second-order valence-corrected chi connectivity index (χ2v) is 13.8. The first-order valence-corrected chi connectivity index (χ1v) is 20.0. The predicted octanol–water partition coefficient (Wildman–Crippen LogP) is 13.7. The maximum atomic E-state index is 12.5. The number of aliphatic carboxylic acids is 1. The number of carboxylic acids is 1. The molecule has 0 aliphatic rings. The van der Waals surface area contributed by atoms with Crippen LogP contribution >= 0.6 is 0 Å². The van der Waals surface area contributed by atoms with Gasteiger partial charge in [-0.25, -0.2) is 0 Å². The summed E-state index contributed by atoms with van der Waals surface area (Å²) < 4.78 is 5.98. The van der Waals surface area contributed by atoms with Gasteiger partial charge in [0.2, 0.25) is 0 Å². The van der Waals surface area contributed by atoms with Crippen LogP contribution in [0.4, 0.5) is 0 Å². The molecule has 1 N–H and O–H groups in total. The van der Waals surface area contributed by atoms with Gasteiger partial charge in [0.05, 0.1) is 0 Å². The average Bonchev–Trinajstić information content (AvgIpc) is 3.00. The SMILES string of the molecule is CCCCCCCCCCCCCCCCCC(=O)OC(CCCCC)CCCCCCCCCCCCCCCC(=O)O. The maximum Gasteiger partial charge on any atom is 0.306 e. The van der Waals surface area contributed by atoms with E-state index < -0.39 is 5.97 Å². The van der Waals surface area contributed by atoms with Crippen molar-refractivity contribution >= 4 is 11.9 Å². The summed E-state index contributed by atoms with van der Waals surface area (Å²) in [6, 6.07) is 0. The van der Waals surface area contributed by atoms with Crippen molar-refractivity contribution in [2.24, 2.45) is 0 Å². The summed E-state index contributed by atoms with van der Waals surface area (Å²) >= 11 is 0. The van der Waals surface area contributed by atoms with Crippen LogP contribution in [0.3, 0.4) is 0 Å². The van der Waals surface area contributed by atoms with E-state index in [1.165, 1.54) is 180 Å². The lowest BCUT2D eigenvalue weighted by atomic mass is 10.0. The van der Waals surface area contributed by atoms with E-state index in [0.29, 0.717) is 12.8 Å². The summed E-state index contributed by atoms with van der Waals surface area (Å²) in [7, 11) is 0. The summed E-state index contributed by atoms with van der Waals surface area (Å²) in [5.41, 5.74) is 0. The topological polar surface area (TPSA) is 63.6 Å². The van der Waals surface area contributed by atoms with E-state index >= 15 is 0 Å². The van der Waals surface area contributed by atoms with Crippen molar-refractivity contribution < 1.29 is 19.4 Å². The molecule has 1 unspecified atom stereocenters. The fourth-order valence-corrected chi connectivity index (χ4v) is 6.36. The van der Waals surface area contributed by atoms with E-state index in [-0.39, 0.29) is 12.1 Å². The van der Waals surface area contributed by atoms with Gasteiger partial charge in [0.1, 0.15) is 6.10 Å². The van der Waals surface area contributed by atoms with E-state index in [1.807, 2.05) is 0 Å². The molecule has 4 heteroatoms. The molecule has 262 valence electrons. The number of hydrogen-bond acceptors (Lipinski definition) is 3. The van der Waals surface area contributed by atoms with E-state index in [0.717, 1.165) is 32.1 Å². The second-order valence-electron chi connectivity index (χ2n) is 13.8. The van der Waals surface area contributed by atoms with E-state index in [9.17, 15) is 9.59 Å². The minimum Gasteiger partial charge on any atom is -0.481 e. The molecule has 4 nitrogen and oxygen atoms in total. The molecule has 0 saturated carbocycles. The Balaban J connectivity index is 3.67. The van der Waals surface area contributed by atoms with Crippen molar-refractivity contribution in [1.29, 1.82) is 0 Å². The Hall–Kier alpha value is -1.06. The highest BCUT2D eigenvalue weighted by atomic mass is 16.5. The average molecular weight is 623 g/mol. The summed E-state index contributed by atoms with van der Waals surface area (Å²) in [4.78, 5) is 23.1. The summed E-state index contributed by atoms with van der Waals surface area (Å²) in [5, 5.41) is 8.67. The van der Waals surface area contributed by atoms with Gasteiger partial charge in [-0.15, -0.1) is 0 Å². The third kappa shape index (κ3) is 35.4. The molecule has 0 radical (unpaired) electrons. The monoisotopic (exact) mass is 623 g/mol. The van der Waals surface area contributed by atoms with Crippen LogP contribution in [0.5, 0.6) is 0 Å². The van der Waals surface area contributed by atoms with Gasteiger partial charge >= 0.3 is 11.9 Å². The lowest BCUT2D eigenvalue weighted by molar-refractivity contribution is -0.150. The third-order valence-corrected chi connectivity index (χ3v) is 9.33. The quantitative estimate of drug-likeness (QED) is 0.0553. The third-order valence-electron chi connectivity index (χ3n) is 9.33. The lowest BCUT2D eigenvalue weighted by Crippen LogP contribution is -2.18. The van der Waals surface area contributed by atoms with Gasteiger partial charge in [0, 0.05) is 12.8 Å². The molecule has 0 spiro atoms. The summed E-state index contributed by atoms with van der Waals surface area (Å²) in [5.74, 6) is -0.623. The fourth-order valence-electron chi connectivity index (χ4n) is 6.36. The van der Waals surface area contributed by atoms with Crippen LogP contribution in [-0.2, 0) is 14.3 Å². The molecule has 0 fully saturated rings. The van der Waals surface area contributed by atoms with Crippen molar-refractivity contribution in [1.82, 2.24) is 0 Å². The van der Waals surface area contributed by atoms with Gasteiger partial charge < -0.3 is 9.84 Å². The van der Waals surface area contributed by atoms with Crippen LogP contribution in [0, 0.1) is 0 Å². The van der Waals surface area contributed by atoms with Crippen molar-refractivity contribution in [3.8, 4) is 0 Å². The normalized spacial score (nSPS) is 12.0. The number of ether oxygens (including phenoxy) is 1. The summed E-state index contributed by atoms with van der Waals surface area (Å²) in [6.07, 6.45) is 43.0. The molecule has 44 heavy (non-hydrogen) atoms. The molecule has 0 aliphatic heterocycles. The molecule has 0 amide bonds. The van der Waals surface area contributed by atoms with Crippen LogP contribution in [0.15, 0.2) is 0 Å². The second kappa shape index (κ2) is 36.4. The highest BCUT2D eigenvalue weighted by molar-refractivity contribution is 5.69. The first-order chi connectivity index (χ1) is 21.6. The molecule has 0 aromatic heterocycles. The Morgan fingerprint density at radius 2 is 0.682 bits per heavy atom. The molecular weight excluding hydrogens is 544 g/mol.